The Morgan fingerprint density at radius 3 is 2.80 bits per heavy atom. The molecule has 0 bridgehead atoms. The number of hydrogen-bond donors (Lipinski definition) is 2. The first-order chi connectivity index (χ1) is 12.1. The predicted molar refractivity (Wildman–Crippen MR) is 103 cm³/mol. The number of aromatic nitrogens is 1. The predicted octanol–water partition coefficient (Wildman–Crippen LogP) is 2.98. The average molecular weight is 362 g/mol. The van der Waals surface area contributed by atoms with Crippen LogP contribution in [0.5, 0.6) is 11.5 Å². The second kappa shape index (κ2) is 9.88. The minimum atomic E-state index is -0.0124. The van der Waals surface area contributed by atoms with Gasteiger partial charge in [0.15, 0.2) is 5.96 Å². The number of nitrogens with one attached hydrogen (secondary N) is 2. The third-order valence-electron chi connectivity index (χ3n) is 3.34. The van der Waals surface area contributed by atoms with Crippen LogP contribution in [0.1, 0.15) is 23.7 Å². The maximum absolute atomic E-state index is 5.92. The van der Waals surface area contributed by atoms with Crippen molar-refractivity contribution < 1.29 is 9.47 Å². The van der Waals surface area contributed by atoms with Crippen molar-refractivity contribution in [2.24, 2.45) is 4.99 Å². The van der Waals surface area contributed by atoms with Crippen LogP contribution in [0.2, 0.25) is 0 Å². The Balaban J connectivity index is 1.86. The normalized spacial score (nSPS) is 12.6. The van der Waals surface area contributed by atoms with Gasteiger partial charge in [-0.3, -0.25) is 0 Å². The van der Waals surface area contributed by atoms with E-state index in [1.54, 1.807) is 18.4 Å². The fourth-order valence-electron chi connectivity index (χ4n) is 2.17. The molecule has 0 saturated carbocycles. The van der Waals surface area contributed by atoms with E-state index in [-0.39, 0.29) is 6.10 Å². The SMILES string of the molecule is CCNC(=NCc1cnc(C)s1)NCC(C)Oc1cccc(OC)c1. The van der Waals surface area contributed by atoms with Crippen molar-refractivity contribution in [2.75, 3.05) is 20.2 Å². The third-order valence-corrected chi connectivity index (χ3v) is 4.24. The van der Waals surface area contributed by atoms with E-state index in [0.29, 0.717) is 13.1 Å². The smallest absolute Gasteiger partial charge is 0.191 e. The molecule has 6 nitrogen and oxygen atoms in total. The number of aryl methyl sites for hydroxylation is 1. The van der Waals surface area contributed by atoms with Gasteiger partial charge in [-0.25, -0.2) is 9.98 Å². The summed E-state index contributed by atoms with van der Waals surface area (Å²) in [6.45, 7) is 8.13. The summed E-state index contributed by atoms with van der Waals surface area (Å²) in [6, 6.07) is 7.61. The first kappa shape index (κ1) is 19.1. The van der Waals surface area contributed by atoms with Gasteiger partial charge in [0.05, 0.1) is 25.2 Å². The Kier molecular flexibility index (Phi) is 7.53. The fraction of sp³-hybridized carbons (Fsp3) is 0.444. The zero-order valence-corrected chi connectivity index (χ0v) is 16.0. The van der Waals surface area contributed by atoms with Gasteiger partial charge in [0.1, 0.15) is 17.6 Å². The molecule has 0 amide bonds. The van der Waals surface area contributed by atoms with Crippen LogP contribution in [0.4, 0.5) is 0 Å². The number of ether oxygens (including phenoxy) is 2. The maximum atomic E-state index is 5.92. The van der Waals surface area contributed by atoms with E-state index < -0.39 is 0 Å². The number of hydrogen-bond acceptors (Lipinski definition) is 5. The van der Waals surface area contributed by atoms with Gasteiger partial charge in [-0.1, -0.05) is 6.07 Å². The van der Waals surface area contributed by atoms with E-state index >= 15 is 0 Å². The standard InChI is InChI=1S/C18H26N4O2S/c1-5-19-18(22-12-17-11-20-14(3)25-17)21-10-13(2)24-16-8-6-7-15(9-16)23-4/h6-9,11,13H,5,10,12H2,1-4H3,(H2,19,21,22). The van der Waals surface area contributed by atoms with Crippen LogP contribution in [0, 0.1) is 6.92 Å². The number of nitrogens with zero attached hydrogens (tertiary/aromatic N) is 2. The summed E-state index contributed by atoms with van der Waals surface area (Å²) in [7, 11) is 1.65. The lowest BCUT2D eigenvalue weighted by Crippen LogP contribution is -2.41. The molecule has 0 aliphatic carbocycles. The van der Waals surface area contributed by atoms with Crippen molar-refractivity contribution in [3.05, 3.63) is 40.3 Å². The molecule has 25 heavy (non-hydrogen) atoms. The van der Waals surface area contributed by atoms with Crippen molar-refractivity contribution in [3.8, 4) is 11.5 Å². The summed E-state index contributed by atoms with van der Waals surface area (Å²) < 4.78 is 11.1. The average Bonchev–Trinajstić information content (AvgIpc) is 3.03. The lowest BCUT2D eigenvalue weighted by molar-refractivity contribution is 0.223. The van der Waals surface area contributed by atoms with Crippen LogP contribution < -0.4 is 20.1 Å². The van der Waals surface area contributed by atoms with E-state index in [0.717, 1.165) is 33.9 Å². The molecule has 0 radical (unpaired) electrons. The minimum Gasteiger partial charge on any atom is -0.497 e. The molecule has 0 saturated heterocycles. The van der Waals surface area contributed by atoms with E-state index in [1.165, 1.54) is 0 Å². The molecule has 1 atom stereocenters. The van der Waals surface area contributed by atoms with Crippen molar-refractivity contribution in [1.82, 2.24) is 15.6 Å². The highest BCUT2D eigenvalue weighted by Crippen LogP contribution is 2.19. The summed E-state index contributed by atoms with van der Waals surface area (Å²) in [4.78, 5) is 10.00. The molecule has 1 unspecified atom stereocenters. The minimum absolute atomic E-state index is 0.0124. The first-order valence-corrected chi connectivity index (χ1v) is 9.16. The number of methoxy groups -OCH3 is 1. The summed E-state index contributed by atoms with van der Waals surface area (Å²) in [5.74, 6) is 2.35. The zero-order chi connectivity index (χ0) is 18.1. The monoisotopic (exact) mass is 362 g/mol. The van der Waals surface area contributed by atoms with Crippen molar-refractivity contribution >= 4 is 17.3 Å². The van der Waals surface area contributed by atoms with Gasteiger partial charge in [0, 0.05) is 23.7 Å². The van der Waals surface area contributed by atoms with Gasteiger partial charge in [-0.2, -0.15) is 0 Å². The Hall–Kier alpha value is -2.28. The second-order valence-electron chi connectivity index (χ2n) is 5.53. The Bertz CT molecular complexity index is 687. The number of rotatable bonds is 8. The molecule has 1 heterocycles. The number of thiazole rings is 1. The van der Waals surface area contributed by atoms with E-state index in [4.69, 9.17) is 9.47 Å². The Labute approximate surface area is 153 Å². The van der Waals surface area contributed by atoms with Crippen LogP contribution in [0.15, 0.2) is 35.5 Å². The molecule has 0 fully saturated rings. The van der Waals surface area contributed by atoms with Crippen molar-refractivity contribution in [2.45, 2.75) is 33.4 Å². The third kappa shape index (κ3) is 6.62. The molecule has 2 N–H and O–H groups in total. The van der Waals surface area contributed by atoms with Gasteiger partial charge < -0.3 is 20.1 Å². The lowest BCUT2D eigenvalue weighted by Gasteiger charge is -2.18. The fourth-order valence-corrected chi connectivity index (χ4v) is 2.89. The van der Waals surface area contributed by atoms with Gasteiger partial charge in [-0.15, -0.1) is 11.3 Å². The van der Waals surface area contributed by atoms with Gasteiger partial charge in [0.2, 0.25) is 0 Å². The Morgan fingerprint density at radius 2 is 2.12 bits per heavy atom. The van der Waals surface area contributed by atoms with E-state index in [9.17, 15) is 0 Å². The molecule has 1 aromatic heterocycles. The largest absolute Gasteiger partial charge is 0.497 e. The molecule has 1 aromatic carbocycles. The highest BCUT2D eigenvalue weighted by molar-refractivity contribution is 7.11. The van der Waals surface area contributed by atoms with Gasteiger partial charge >= 0.3 is 0 Å². The number of guanidine groups is 1. The molecule has 0 aliphatic heterocycles. The van der Waals surface area contributed by atoms with Crippen LogP contribution in [-0.4, -0.2) is 37.2 Å². The lowest BCUT2D eigenvalue weighted by atomic mass is 10.3. The van der Waals surface area contributed by atoms with Crippen LogP contribution in [-0.2, 0) is 6.54 Å². The van der Waals surface area contributed by atoms with Crippen molar-refractivity contribution in [1.29, 1.82) is 0 Å². The second-order valence-corrected chi connectivity index (χ2v) is 6.85. The molecular weight excluding hydrogens is 336 g/mol. The van der Waals surface area contributed by atoms with E-state index in [2.05, 4.69) is 20.6 Å². The molecule has 2 rings (SSSR count). The summed E-state index contributed by atoms with van der Waals surface area (Å²) in [5.41, 5.74) is 0. The zero-order valence-electron chi connectivity index (χ0n) is 15.2. The van der Waals surface area contributed by atoms with Gasteiger partial charge in [0.25, 0.3) is 0 Å². The van der Waals surface area contributed by atoms with Crippen LogP contribution in [0.3, 0.4) is 0 Å². The first-order valence-electron chi connectivity index (χ1n) is 8.35. The molecule has 7 heteroatoms. The highest BCUT2D eigenvalue weighted by Gasteiger charge is 2.07. The summed E-state index contributed by atoms with van der Waals surface area (Å²) >= 11 is 1.67. The van der Waals surface area contributed by atoms with Crippen molar-refractivity contribution in [3.63, 3.8) is 0 Å². The molecule has 136 valence electrons. The molecule has 2 aromatic rings. The number of aliphatic imine (C=N–C) groups is 1. The maximum Gasteiger partial charge on any atom is 0.191 e. The van der Waals surface area contributed by atoms with Gasteiger partial charge in [-0.05, 0) is 32.9 Å². The summed E-state index contributed by atoms with van der Waals surface area (Å²) in [6.07, 6.45) is 1.86. The molecule has 0 spiro atoms. The summed E-state index contributed by atoms with van der Waals surface area (Å²) in [5, 5.41) is 7.62. The van der Waals surface area contributed by atoms with E-state index in [1.807, 2.05) is 51.2 Å². The van der Waals surface area contributed by atoms with Crippen LogP contribution >= 0.6 is 11.3 Å². The van der Waals surface area contributed by atoms with Crippen LogP contribution in [0.25, 0.3) is 0 Å². The molecular formula is C18H26N4O2S. The quantitative estimate of drug-likeness (QED) is 0.558. The topological polar surface area (TPSA) is 67.8 Å². The highest BCUT2D eigenvalue weighted by atomic mass is 32.1. The Morgan fingerprint density at radius 1 is 1.32 bits per heavy atom. The number of benzene rings is 1. The molecule has 0 aliphatic rings.